The summed E-state index contributed by atoms with van der Waals surface area (Å²) in [6.45, 7) is 5.95. The molecule has 0 unspecified atom stereocenters. The van der Waals surface area contributed by atoms with Gasteiger partial charge in [0.2, 0.25) is 0 Å². The van der Waals surface area contributed by atoms with E-state index in [2.05, 4.69) is 22.4 Å². The van der Waals surface area contributed by atoms with E-state index in [0.717, 1.165) is 25.9 Å². The van der Waals surface area contributed by atoms with E-state index in [0.29, 0.717) is 11.7 Å². The summed E-state index contributed by atoms with van der Waals surface area (Å²) in [5.74, 6) is 0. The quantitative estimate of drug-likeness (QED) is 0.922. The number of hydrogen-bond acceptors (Lipinski definition) is 4. The smallest absolute Gasteiger partial charge is 0.287 e. The number of piperidine rings is 1. The Hall–Kier alpha value is -1.07. The van der Waals surface area contributed by atoms with Gasteiger partial charge in [-0.15, -0.1) is 0 Å². The zero-order valence-corrected chi connectivity index (χ0v) is 12.4. The van der Waals surface area contributed by atoms with Gasteiger partial charge >= 0.3 is 0 Å². The molecule has 1 aliphatic rings. The molecule has 6 heteroatoms. The van der Waals surface area contributed by atoms with Crippen molar-refractivity contribution in [3.8, 4) is 0 Å². The molecule has 0 radical (unpaired) electrons. The molecule has 5 nitrogen and oxygen atoms in total. The summed E-state index contributed by atoms with van der Waals surface area (Å²) in [6.07, 6.45) is 3.77. The maximum Gasteiger partial charge on any atom is 0.287 e. The second kappa shape index (κ2) is 5.92. The first-order valence-electron chi connectivity index (χ1n) is 6.71. The average Bonchev–Trinajstić information content (AvgIpc) is 2.37. The molecule has 0 spiro atoms. The molecule has 0 atom stereocenters. The zero-order valence-electron chi connectivity index (χ0n) is 11.7. The summed E-state index contributed by atoms with van der Waals surface area (Å²) in [4.78, 5) is 14.3. The molecule has 0 aromatic carbocycles. The molecule has 0 bridgehead atoms. The van der Waals surface area contributed by atoms with Gasteiger partial charge in [-0.25, -0.2) is 4.68 Å². The minimum atomic E-state index is -0.227. The normalized spacial score (nSPS) is 17.9. The van der Waals surface area contributed by atoms with Crippen molar-refractivity contribution in [3.63, 3.8) is 0 Å². The lowest BCUT2D eigenvalue weighted by Gasteiger charge is -2.30. The summed E-state index contributed by atoms with van der Waals surface area (Å²) < 4.78 is 1.40. The van der Waals surface area contributed by atoms with Gasteiger partial charge in [0, 0.05) is 6.04 Å². The Bertz CT molecular complexity index is 492. The van der Waals surface area contributed by atoms with Crippen LogP contribution in [0.25, 0.3) is 0 Å². The van der Waals surface area contributed by atoms with Gasteiger partial charge in [-0.3, -0.25) is 4.79 Å². The second-order valence-corrected chi connectivity index (χ2v) is 5.82. The Labute approximate surface area is 118 Å². The van der Waals surface area contributed by atoms with E-state index in [4.69, 9.17) is 11.6 Å². The van der Waals surface area contributed by atoms with Gasteiger partial charge in [0.25, 0.3) is 5.56 Å². The monoisotopic (exact) mass is 284 g/mol. The lowest BCUT2D eigenvalue weighted by Crippen LogP contribution is -2.37. The highest BCUT2D eigenvalue weighted by atomic mass is 35.5. The van der Waals surface area contributed by atoms with Crippen molar-refractivity contribution < 1.29 is 0 Å². The largest absolute Gasteiger partial charge is 0.380 e. The van der Waals surface area contributed by atoms with Crippen LogP contribution < -0.4 is 10.9 Å². The summed E-state index contributed by atoms with van der Waals surface area (Å²) >= 11 is 6.14. The predicted octanol–water partition coefficient (Wildman–Crippen LogP) is 1.98. The Morgan fingerprint density at radius 2 is 2.05 bits per heavy atom. The van der Waals surface area contributed by atoms with Gasteiger partial charge in [0.05, 0.1) is 17.9 Å². The van der Waals surface area contributed by atoms with Gasteiger partial charge < -0.3 is 10.2 Å². The number of anilines is 1. The first kappa shape index (κ1) is 14.3. The molecule has 2 heterocycles. The molecule has 1 aromatic rings. The van der Waals surface area contributed by atoms with E-state index < -0.39 is 0 Å². The van der Waals surface area contributed by atoms with Gasteiger partial charge in [0.1, 0.15) is 5.02 Å². The van der Waals surface area contributed by atoms with E-state index >= 15 is 0 Å². The molecule has 1 fully saturated rings. The van der Waals surface area contributed by atoms with Gasteiger partial charge in [-0.05, 0) is 46.8 Å². The van der Waals surface area contributed by atoms with Gasteiger partial charge in [-0.1, -0.05) is 11.6 Å². The number of hydrogen-bond donors (Lipinski definition) is 1. The fourth-order valence-electron chi connectivity index (χ4n) is 2.29. The minimum absolute atomic E-state index is 0.0161. The second-order valence-electron chi connectivity index (χ2n) is 5.44. The van der Waals surface area contributed by atoms with Crippen molar-refractivity contribution in [2.75, 3.05) is 25.5 Å². The van der Waals surface area contributed by atoms with E-state index in [1.807, 2.05) is 13.8 Å². The number of likely N-dealkylation sites (tertiary alicyclic amines) is 1. The standard InChI is InChI=1S/C13H21ClN4O/c1-9(2)18-13(19)12(14)11(8-15-18)16-10-4-6-17(3)7-5-10/h8-10,16H,4-7H2,1-3H3. The summed E-state index contributed by atoms with van der Waals surface area (Å²) in [5, 5.41) is 7.75. The van der Waals surface area contributed by atoms with Crippen molar-refractivity contribution in [2.24, 2.45) is 0 Å². The molecular formula is C13H21ClN4O. The Morgan fingerprint density at radius 3 is 2.63 bits per heavy atom. The van der Waals surface area contributed by atoms with E-state index in [1.165, 1.54) is 4.68 Å². The van der Waals surface area contributed by atoms with Crippen LogP contribution in [0.15, 0.2) is 11.0 Å². The molecule has 1 saturated heterocycles. The highest BCUT2D eigenvalue weighted by Crippen LogP contribution is 2.20. The molecule has 0 aliphatic carbocycles. The molecule has 0 amide bonds. The highest BCUT2D eigenvalue weighted by molar-refractivity contribution is 6.32. The Kier molecular flexibility index (Phi) is 4.47. The first-order valence-corrected chi connectivity index (χ1v) is 7.09. The van der Waals surface area contributed by atoms with Crippen LogP contribution in [0.2, 0.25) is 5.02 Å². The average molecular weight is 285 g/mol. The van der Waals surface area contributed by atoms with E-state index in [1.54, 1.807) is 6.20 Å². The molecule has 1 N–H and O–H groups in total. The molecule has 1 aliphatic heterocycles. The van der Waals surface area contributed by atoms with Crippen LogP contribution in [0.5, 0.6) is 0 Å². The van der Waals surface area contributed by atoms with Gasteiger partial charge in [-0.2, -0.15) is 5.10 Å². The zero-order chi connectivity index (χ0) is 14.0. The number of rotatable bonds is 3. The lowest BCUT2D eigenvalue weighted by atomic mass is 10.1. The van der Waals surface area contributed by atoms with Crippen molar-refractivity contribution in [1.29, 1.82) is 0 Å². The van der Waals surface area contributed by atoms with Crippen molar-refractivity contribution in [3.05, 3.63) is 21.6 Å². The fraction of sp³-hybridized carbons (Fsp3) is 0.692. The molecule has 2 rings (SSSR count). The third-order valence-corrected chi connectivity index (χ3v) is 3.88. The summed E-state index contributed by atoms with van der Waals surface area (Å²) in [6, 6.07) is 0.382. The third kappa shape index (κ3) is 3.28. The third-order valence-electron chi connectivity index (χ3n) is 3.51. The Balaban J connectivity index is 2.13. The van der Waals surface area contributed by atoms with Crippen LogP contribution in [0.4, 0.5) is 5.69 Å². The van der Waals surface area contributed by atoms with Crippen LogP contribution in [0.1, 0.15) is 32.7 Å². The fourth-order valence-corrected chi connectivity index (χ4v) is 2.48. The predicted molar refractivity (Wildman–Crippen MR) is 78.0 cm³/mol. The van der Waals surface area contributed by atoms with Crippen LogP contribution in [0.3, 0.4) is 0 Å². The molecule has 106 valence electrons. The maximum absolute atomic E-state index is 12.0. The number of halogens is 1. The van der Waals surface area contributed by atoms with Gasteiger partial charge in [0.15, 0.2) is 0 Å². The number of aromatic nitrogens is 2. The molecule has 19 heavy (non-hydrogen) atoms. The van der Waals surface area contributed by atoms with Crippen LogP contribution in [0, 0.1) is 0 Å². The van der Waals surface area contributed by atoms with E-state index in [9.17, 15) is 4.79 Å². The van der Waals surface area contributed by atoms with Crippen LogP contribution >= 0.6 is 11.6 Å². The lowest BCUT2D eigenvalue weighted by molar-refractivity contribution is 0.264. The maximum atomic E-state index is 12.0. The van der Waals surface area contributed by atoms with Crippen LogP contribution in [-0.2, 0) is 0 Å². The van der Waals surface area contributed by atoms with Crippen LogP contribution in [-0.4, -0.2) is 40.9 Å². The Morgan fingerprint density at radius 1 is 1.42 bits per heavy atom. The number of nitrogens with zero attached hydrogens (tertiary/aromatic N) is 3. The van der Waals surface area contributed by atoms with Crippen molar-refractivity contribution >= 4 is 17.3 Å². The first-order chi connectivity index (χ1) is 8.99. The SMILES string of the molecule is CC(C)n1ncc(NC2CCN(C)CC2)c(Cl)c1=O. The van der Waals surface area contributed by atoms with Crippen molar-refractivity contribution in [1.82, 2.24) is 14.7 Å². The van der Waals surface area contributed by atoms with E-state index in [-0.39, 0.29) is 16.6 Å². The molecule has 1 aromatic heterocycles. The summed E-state index contributed by atoms with van der Waals surface area (Å²) in [5.41, 5.74) is 0.424. The highest BCUT2D eigenvalue weighted by Gasteiger charge is 2.19. The minimum Gasteiger partial charge on any atom is -0.380 e. The topological polar surface area (TPSA) is 50.2 Å². The van der Waals surface area contributed by atoms with Crippen molar-refractivity contribution in [2.45, 2.75) is 38.8 Å². The molecular weight excluding hydrogens is 264 g/mol. The number of nitrogens with one attached hydrogen (secondary N) is 1. The summed E-state index contributed by atoms with van der Waals surface area (Å²) in [7, 11) is 2.12. The molecule has 0 saturated carbocycles.